The van der Waals surface area contributed by atoms with E-state index in [-0.39, 0.29) is 0 Å². The molecule has 0 amide bonds. The second-order valence-electron chi connectivity index (χ2n) is 3.24. The lowest BCUT2D eigenvalue weighted by Gasteiger charge is -2.24. The van der Waals surface area contributed by atoms with Crippen molar-refractivity contribution >= 4 is 7.85 Å². The fourth-order valence-electron chi connectivity index (χ4n) is 1.50. The average Bonchev–Trinajstić information content (AvgIpc) is 1.77. The monoisotopic (exact) mass is 110 g/mol. The highest BCUT2D eigenvalue weighted by molar-refractivity contribution is 6.11. The largest absolute Gasteiger partial charge is 0.105 e. The maximum absolute atomic E-state index is 2.38. The van der Waals surface area contributed by atoms with E-state index in [1.807, 2.05) is 0 Å². The molecular formula is C7H15B. The Labute approximate surface area is 53.1 Å². The molecule has 1 heteroatoms. The van der Waals surface area contributed by atoms with Crippen molar-refractivity contribution < 1.29 is 0 Å². The van der Waals surface area contributed by atoms with Crippen LogP contribution in [0.1, 0.15) is 32.6 Å². The summed E-state index contributed by atoms with van der Waals surface area (Å²) in [5, 5.41) is 0. The molecule has 0 aromatic carbocycles. The average molecular weight is 110 g/mol. The molecule has 0 bridgehead atoms. The summed E-state index contributed by atoms with van der Waals surface area (Å²) in [5.74, 6) is 2.01. The molecule has 46 valence electrons. The zero-order valence-corrected chi connectivity index (χ0v) is 5.98. The Hall–Kier alpha value is 0.0649. The summed E-state index contributed by atoms with van der Waals surface area (Å²) in [6.07, 6.45) is 5.90. The first-order chi connectivity index (χ1) is 3.80. The molecule has 1 saturated carbocycles. The van der Waals surface area contributed by atoms with E-state index in [1.54, 1.807) is 0 Å². The van der Waals surface area contributed by atoms with Crippen molar-refractivity contribution in [1.29, 1.82) is 0 Å². The molecule has 0 heterocycles. The van der Waals surface area contributed by atoms with Gasteiger partial charge in [-0.05, 0) is 5.92 Å². The summed E-state index contributed by atoms with van der Waals surface area (Å²) >= 11 is 0. The van der Waals surface area contributed by atoms with Crippen LogP contribution in [0.3, 0.4) is 0 Å². The summed E-state index contributed by atoms with van der Waals surface area (Å²) in [7, 11) is 2.38. The van der Waals surface area contributed by atoms with E-state index in [9.17, 15) is 0 Å². The van der Waals surface area contributed by atoms with Gasteiger partial charge in [0.2, 0.25) is 0 Å². The molecule has 0 aromatic heterocycles. The second-order valence-corrected chi connectivity index (χ2v) is 3.24. The maximum atomic E-state index is 2.38. The molecule has 0 N–H and O–H groups in total. The summed E-state index contributed by atoms with van der Waals surface area (Å²) in [5.41, 5.74) is 0. The van der Waals surface area contributed by atoms with E-state index in [4.69, 9.17) is 0 Å². The second kappa shape index (κ2) is 2.57. The summed E-state index contributed by atoms with van der Waals surface area (Å²) in [6.45, 7) is 2.38. The fourth-order valence-corrected chi connectivity index (χ4v) is 1.50. The van der Waals surface area contributed by atoms with E-state index in [0.29, 0.717) is 0 Å². The summed E-state index contributed by atoms with van der Waals surface area (Å²) in [6, 6.07) is 0. The topological polar surface area (TPSA) is 0 Å². The van der Waals surface area contributed by atoms with Gasteiger partial charge < -0.3 is 0 Å². The van der Waals surface area contributed by atoms with Crippen molar-refractivity contribution in [3.8, 4) is 0 Å². The van der Waals surface area contributed by atoms with Gasteiger partial charge in [-0.3, -0.25) is 0 Å². The van der Waals surface area contributed by atoms with Gasteiger partial charge in [0.15, 0.2) is 0 Å². The van der Waals surface area contributed by atoms with E-state index in [1.165, 1.54) is 25.7 Å². The summed E-state index contributed by atoms with van der Waals surface area (Å²) < 4.78 is 0. The highest BCUT2D eigenvalue weighted by Crippen LogP contribution is 2.31. The van der Waals surface area contributed by atoms with E-state index in [2.05, 4.69) is 14.8 Å². The van der Waals surface area contributed by atoms with Crippen LogP contribution >= 0.6 is 0 Å². The van der Waals surface area contributed by atoms with Crippen LogP contribution in [0.4, 0.5) is 0 Å². The molecule has 2 atom stereocenters. The van der Waals surface area contributed by atoms with Gasteiger partial charge >= 0.3 is 0 Å². The normalized spacial score (nSPS) is 39.6. The van der Waals surface area contributed by atoms with Gasteiger partial charge in [0.1, 0.15) is 7.85 Å². The van der Waals surface area contributed by atoms with Crippen molar-refractivity contribution in [2.75, 3.05) is 0 Å². The van der Waals surface area contributed by atoms with E-state index in [0.717, 1.165) is 11.7 Å². The Kier molecular flexibility index (Phi) is 1.98. The smallest absolute Gasteiger partial charge is 0.0672 e. The van der Waals surface area contributed by atoms with Crippen LogP contribution < -0.4 is 0 Å². The zero-order chi connectivity index (χ0) is 5.98. The van der Waals surface area contributed by atoms with Gasteiger partial charge in [0.25, 0.3) is 0 Å². The first-order valence-corrected chi connectivity index (χ1v) is 3.80. The van der Waals surface area contributed by atoms with Crippen LogP contribution in [0.15, 0.2) is 0 Å². The molecular weight excluding hydrogens is 94.9 g/mol. The van der Waals surface area contributed by atoms with Gasteiger partial charge in [-0.25, -0.2) is 0 Å². The molecule has 0 aromatic rings. The molecule has 1 fully saturated rings. The maximum Gasteiger partial charge on any atom is 0.105 e. The molecule has 0 spiro atoms. The van der Waals surface area contributed by atoms with Gasteiger partial charge in [0, 0.05) is 0 Å². The van der Waals surface area contributed by atoms with Crippen molar-refractivity contribution in [3.63, 3.8) is 0 Å². The zero-order valence-electron chi connectivity index (χ0n) is 5.98. The van der Waals surface area contributed by atoms with Crippen LogP contribution in [-0.2, 0) is 0 Å². The quantitative estimate of drug-likeness (QED) is 0.415. The Morgan fingerprint density at radius 3 is 2.25 bits per heavy atom. The van der Waals surface area contributed by atoms with E-state index < -0.39 is 0 Å². The lowest BCUT2D eigenvalue weighted by Crippen LogP contribution is -2.10. The highest BCUT2D eigenvalue weighted by atomic mass is 14.2. The molecule has 0 saturated heterocycles. The van der Waals surface area contributed by atoms with Gasteiger partial charge in [0.05, 0.1) is 0 Å². The standard InChI is InChI=1S/C7H15B/c1-6-4-2-3-5-7(6)8/h6-7H,2-5,8H2,1H3/t6-,7-/m1/s1. The third-order valence-electron chi connectivity index (χ3n) is 2.54. The van der Waals surface area contributed by atoms with Crippen molar-refractivity contribution in [3.05, 3.63) is 0 Å². The molecule has 0 radical (unpaired) electrons. The third kappa shape index (κ3) is 1.27. The molecule has 0 aliphatic heterocycles. The number of hydrogen-bond donors (Lipinski definition) is 0. The third-order valence-corrected chi connectivity index (χ3v) is 2.54. The number of hydrogen-bond acceptors (Lipinski definition) is 0. The number of rotatable bonds is 0. The lowest BCUT2D eigenvalue weighted by molar-refractivity contribution is 0.386. The highest BCUT2D eigenvalue weighted by Gasteiger charge is 2.15. The fraction of sp³-hybridized carbons (Fsp3) is 1.00. The molecule has 1 aliphatic rings. The van der Waals surface area contributed by atoms with Crippen molar-refractivity contribution in [1.82, 2.24) is 0 Å². The molecule has 1 rings (SSSR count). The Balaban J connectivity index is 2.28. The van der Waals surface area contributed by atoms with Crippen LogP contribution in [0.2, 0.25) is 5.82 Å². The molecule has 1 aliphatic carbocycles. The van der Waals surface area contributed by atoms with Crippen molar-refractivity contribution in [2.45, 2.75) is 38.4 Å². The minimum absolute atomic E-state index is 1.00. The van der Waals surface area contributed by atoms with Gasteiger partial charge in [-0.2, -0.15) is 0 Å². The SMILES string of the molecule is B[C@@H]1CCCC[C@H]1C. The Morgan fingerprint density at radius 1 is 1.25 bits per heavy atom. The van der Waals surface area contributed by atoms with E-state index >= 15 is 0 Å². The van der Waals surface area contributed by atoms with Gasteiger partial charge in [-0.15, -0.1) is 0 Å². The van der Waals surface area contributed by atoms with Crippen molar-refractivity contribution in [2.24, 2.45) is 5.92 Å². The van der Waals surface area contributed by atoms with Crippen LogP contribution in [0, 0.1) is 5.92 Å². The first kappa shape index (κ1) is 6.19. The van der Waals surface area contributed by atoms with Gasteiger partial charge in [-0.1, -0.05) is 38.4 Å². The predicted octanol–water partition coefficient (Wildman–Crippen LogP) is 1.62. The Bertz CT molecular complexity index is 60.8. The lowest BCUT2D eigenvalue weighted by atomic mass is 9.69. The predicted molar refractivity (Wildman–Crippen MR) is 39.9 cm³/mol. The van der Waals surface area contributed by atoms with Crippen LogP contribution in [-0.4, -0.2) is 7.85 Å². The molecule has 0 nitrogen and oxygen atoms in total. The van der Waals surface area contributed by atoms with Crippen LogP contribution in [0.25, 0.3) is 0 Å². The summed E-state index contributed by atoms with van der Waals surface area (Å²) in [4.78, 5) is 0. The minimum atomic E-state index is 1.00. The Morgan fingerprint density at radius 2 is 1.88 bits per heavy atom. The van der Waals surface area contributed by atoms with Crippen LogP contribution in [0.5, 0.6) is 0 Å². The molecule has 8 heavy (non-hydrogen) atoms. The first-order valence-electron chi connectivity index (χ1n) is 3.80. The minimum Gasteiger partial charge on any atom is -0.0672 e. The molecule has 0 unspecified atom stereocenters.